The molecule has 3 aliphatic rings. The minimum absolute atomic E-state index is 0.388. The molecule has 2 fully saturated rings. The summed E-state index contributed by atoms with van der Waals surface area (Å²) >= 11 is 0. The summed E-state index contributed by atoms with van der Waals surface area (Å²) in [5.74, 6) is 2.48. The van der Waals surface area contributed by atoms with E-state index in [0.29, 0.717) is 6.04 Å². The summed E-state index contributed by atoms with van der Waals surface area (Å²) in [7, 11) is 0. The van der Waals surface area contributed by atoms with Crippen molar-refractivity contribution in [2.75, 3.05) is 13.1 Å². The second-order valence-electron chi connectivity index (χ2n) is 7.82. The molecule has 2 N–H and O–H groups in total. The Kier molecular flexibility index (Phi) is 3.55. The van der Waals surface area contributed by atoms with Crippen LogP contribution in [-0.4, -0.2) is 30.1 Å². The molecule has 0 aromatic heterocycles. The Morgan fingerprint density at radius 2 is 1.62 bits per heavy atom. The predicted octanol–water partition coefficient (Wildman–Crippen LogP) is 2.85. The highest BCUT2D eigenvalue weighted by atomic mass is 15.2. The number of piperidine rings is 1. The molecule has 21 heavy (non-hydrogen) atoms. The van der Waals surface area contributed by atoms with E-state index in [9.17, 15) is 0 Å². The van der Waals surface area contributed by atoms with E-state index < -0.39 is 0 Å². The van der Waals surface area contributed by atoms with Gasteiger partial charge in [0.25, 0.3) is 0 Å². The van der Waals surface area contributed by atoms with Gasteiger partial charge in [0.15, 0.2) is 0 Å². The van der Waals surface area contributed by atoms with Gasteiger partial charge in [-0.05, 0) is 61.0 Å². The minimum Gasteiger partial charge on any atom is -0.327 e. The van der Waals surface area contributed by atoms with Gasteiger partial charge in [-0.1, -0.05) is 31.2 Å². The summed E-state index contributed by atoms with van der Waals surface area (Å²) in [6, 6.07) is 10.3. The van der Waals surface area contributed by atoms with Crippen molar-refractivity contribution in [1.29, 1.82) is 0 Å². The Bertz CT molecular complexity index is 469. The third-order valence-corrected chi connectivity index (χ3v) is 6.10. The highest BCUT2D eigenvalue weighted by Crippen LogP contribution is 2.43. The van der Waals surface area contributed by atoms with Crippen LogP contribution in [0, 0.1) is 17.8 Å². The molecule has 2 heteroatoms. The molecule has 0 radical (unpaired) electrons. The van der Waals surface area contributed by atoms with Gasteiger partial charge in [-0.25, -0.2) is 0 Å². The third-order valence-electron chi connectivity index (χ3n) is 6.10. The van der Waals surface area contributed by atoms with Crippen molar-refractivity contribution in [2.24, 2.45) is 23.5 Å². The summed E-state index contributed by atoms with van der Waals surface area (Å²) in [5, 5.41) is 0. The van der Waals surface area contributed by atoms with Gasteiger partial charge in [0.1, 0.15) is 0 Å². The van der Waals surface area contributed by atoms with Gasteiger partial charge in [0.05, 0.1) is 0 Å². The first-order valence-corrected chi connectivity index (χ1v) is 8.77. The van der Waals surface area contributed by atoms with Crippen LogP contribution < -0.4 is 5.73 Å². The molecule has 0 spiro atoms. The summed E-state index contributed by atoms with van der Waals surface area (Å²) < 4.78 is 0. The average molecular weight is 284 g/mol. The van der Waals surface area contributed by atoms with E-state index in [1.165, 1.54) is 38.6 Å². The first-order chi connectivity index (χ1) is 10.2. The Balaban J connectivity index is 1.60. The van der Waals surface area contributed by atoms with E-state index in [1.54, 1.807) is 11.1 Å². The maximum absolute atomic E-state index is 6.32. The molecule has 4 rings (SSSR count). The minimum atomic E-state index is 0.388. The maximum Gasteiger partial charge on any atom is 0.0170 e. The molecule has 1 saturated carbocycles. The van der Waals surface area contributed by atoms with Gasteiger partial charge >= 0.3 is 0 Å². The second-order valence-corrected chi connectivity index (χ2v) is 7.82. The molecule has 2 aliphatic carbocycles. The zero-order chi connectivity index (χ0) is 14.4. The number of hydrogen-bond donors (Lipinski definition) is 1. The van der Waals surface area contributed by atoms with Crippen LogP contribution in [0.15, 0.2) is 24.3 Å². The van der Waals surface area contributed by atoms with Gasteiger partial charge in [0.2, 0.25) is 0 Å². The Morgan fingerprint density at radius 1 is 1.00 bits per heavy atom. The second kappa shape index (κ2) is 5.40. The van der Waals surface area contributed by atoms with Crippen molar-refractivity contribution >= 4 is 0 Å². The quantitative estimate of drug-likeness (QED) is 0.859. The molecule has 1 saturated heterocycles. The smallest absolute Gasteiger partial charge is 0.0170 e. The van der Waals surface area contributed by atoms with E-state index in [-0.39, 0.29) is 0 Å². The van der Waals surface area contributed by atoms with Crippen molar-refractivity contribution < 1.29 is 0 Å². The number of benzene rings is 1. The van der Waals surface area contributed by atoms with Crippen LogP contribution in [0.4, 0.5) is 0 Å². The summed E-state index contributed by atoms with van der Waals surface area (Å²) in [6.07, 6.45) is 6.63. The van der Waals surface area contributed by atoms with E-state index in [4.69, 9.17) is 5.73 Å². The fraction of sp³-hybridized carbons (Fsp3) is 0.684. The van der Waals surface area contributed by atoms with E-state index in [0.717, 1.165) is 30.3 Å². The van der Waals surface area contributed by atoms with Gasteiger partial charge in [-0.3, -0.25) is 4.90 Å². The van der Waals surface area contributed by atoms with Crippen LogP contribution >= 0.6 is 0 Å². The van der Waals surface area contributed by atoms with E-state index in [2.05, 4.69) is 36.1 Å². The third kappa shape index (κ3) is 2.53. The fourth-order valence-corrected chi connectivity index (χ4v) is 5.40. The van der Waals surface area contributed by atoms with E-state index in [1.807, 2.05) is 0 Å². The molecular weight excluding hydrogens is 256 g/mol. The number of nitrogens with zero attached hydrogens (tertiary/aromatic N) is 1. The normalized spacial score (nSPS) is 39.8. The highest BCUT2D eigenvalue weighted by molar-refractivity contribution is 5.31. The SMILES string of the molecule is CC1CC(N)CN(C2C3CCC2Cc2ccccc2C3)C1. The van der Waals surface area contributed by atoms with Crippen LogP contribution in [-0.2, 0) is 12.8 Å². The van der Waals surface area contributed by atoms with Crippen molar-refractivity contribution in [1.82, 2.24) is 4.90 Å². The summed E-state index contributed by atoms with van der Waals surface area (Å²) in [5.41, 5.74) is 9.54. The molecule has 2 nitrogen and oxygen atoms in total. The zero-order valence-corrected chi connectivity index (χ0v) is 13.2. The highest BCUT2D eigenvalue weighted by Gasteiger charge is 2.43. The topological polar surface area (TPSA) is 29.3 Å². The monoisotopic (exact) mass is 284 g/mol. The maximum atomic E-state index is 6.32. The molecule has 1 aromatic rings. The number of fused-ring (bicyclic) bond motifs is 3. The van der Waals surface area contributed by atoms with Gasteiger partial charge < -0.3 is 5.73 Å². The lowest BCUT2D eigenvalue weighted by atomic mass is 9.88. The predicted molar refractivity (Wildman–Crippen MR) is 87.2 cm³/mol. The molecule has 2 bridgehead atoms. The zero-order valence-electron chi connectivity index (χ0n) is 13.2. The lowest BCUT2D eigenvalue weighted by Gasteiger charge is -2.42. The molecular formula is C19H28N2. The van der Waals surface area contributed by atoms with Gasteiger partial charge in [-0.2, -0.15) is 0 Å². The lowest BCUT2D eigenvalue weighted by molar-refractivity contribution is 0.0718. The van der Waals surface area contributed by atoms with Crippen molar-refractivity contribution in [3.8, 4) is 0 Å². The average Bonchev–Trinajstić information content (AvgIpc) is 2.73. The number of likely N-dealkylation sites (tertiary alicyclic amines) is 1. The first kappa shape index (κ1) is 13.8. The Hall–Kier alpha value is -0.860. The van der Waals surface area contributed by atoms with Crippen molar-refractivity contribution in [3.63, 3.8) is 0 Å². The Labute approximate surface area is 128 Å². The van der Waals surface area contributed by atoms with E-state index >= 15 is 0 Å². The molecule has 4 atom stereocenters. The molecule has 114 valence electrons. The van der Waals surface area contributed by atoms with Crippen LogP contribution in [0.2, 0.25) is 0 Å². The fourth-order valence-electron chi connectivity index (χ4n) is 5.40. The molecule has 1 heterocycles. The molecule has 0 amide bonds. The van der Waals surface area contributed by atoms with Crippen molar-refractivity contribution in [3.05, 3.63) is 35.4 Å². The molecule has 1 aliphatic heterocycles. The molecule has 4 unspecified atom stereocenters. The molecule has 1 aromatic carbocycles. The number of hydrogen-bond acceptors (Lipinski definition) is 2. The van der Waals surface area contributed by atoms with Crippen LogP contribution in [0.1, 0.15) is 37.3 Å². The van der Waals surface area contributed by atoms with Gasteiger partial charge in [0, 0.05) is 25.2 Å². The largest absolute Gasteiger partial charge is 0.327 e. The Morgan fingerprint density at radius 3 is 2.19 bits per heavy atom. The standard InChI is InChI=1S/C19H28N2/c1-13-8-18(20)12-21(11-13)19-16-6-7-17(19)10-15-5-3-2-4-14(15)9-16/h2-5,13,16-19H,6-12,20H2,1H3. The number of rotatable bonds is 1. The van der Waals surface area contributed by atoms with Crippen LogP contribution in [0.3, 0.4) is 0 Å². The van der Waals surface area contributed by atoms with Crippen LogP contribution in [0.25, 0.3) is 0 Å². The number of nitrogens with two attached hydrogens (primary N) is 1. The van der Waals surface area contributed by atoms with Gasteiger partial charge in [-0.15, -0.1) is 0 Å². The lowest BCUT2D eigenvalue weighted by Crippen LogP contribution is -2.53. The summed E-state index contributed by atoms with van der Waals surface area (Å²) in [6.45, 7) is 4.76. The van der Waals surface area contributed by atoms with Crippen molar-refractivity contribution in [2.45, 2.75) is 51.1 Å². The summed E-state index contributed by atoms with van der Waals surface area (Å²) in [4.78, 5) is 2.77. The first-order valence-electron chi connectivity index (χ1n) is 8.77. The van der Waals surface area contributed by atoms with Crippen LogP contribution in [0.5, 0.6) is 0 Å².